The number of nitrogens with zero attached hydrogens (tertiary/aromatic N) is 3. The fourth-order valence-corrected chi connectivity index (χ4v) is 3.18. The lowest BCUT2D eigenvalue weighted by Gasteiger charge is -2.26. The number of hydrogen-bond donors (Lipinski definition) is 0. The van der Waals surface area contributed by atoms with Crippen molar-refractivity contribution in [1.29, 1.82) is 0 Å². The monoisotopic (exact) mass is 385 g/mol. The minimum absolute atomic E-state index is 0.0857. The fraction of sp³-hybridized carbons (Fsp3) is 0.208. The van der Waals surface area contributed by atoms with Crippen molar-refractivity contribution in [3.05, 3.63) is 89.4 Å². The van der Waals surface area contributed by atoms with E-state index in [1.807, 2.05) is 18.2 Å². The van der Waals surface area contributed by atoms with Gasteiger partial charge in [-0.05, 0) is 49.2 Å². The second kappa shape index (κ2) is 7.51. The van der Waals surface area contributed by atoms with E-state index in [9.17, 15) is 0 Å². The van der Waals surface area contributed by atoms with Crippen molar-refractivity contribution in [2.45, 2.75) is 33.1 Å². The Bertz CT molecular complexity index is 1100. The van der Waals surface area contributed by atoms with Gasteiger partial charge in [0.15, 0.2) is 5.82 Å². The molecule has 0 aliphatic heterocycles. The number of hydrogen-bond acceptors (Lipinski definition) is 5. The number of pyridine rings is 1. The minimum atomic E-state index is -0.0857. The SMILES string of the molecule is Cc1ccc(C(C)(C)c2ccc(Oc3ccc(-c4nc(C)no4)nc3)cc2)cc1. The zero-order valence-electron chi connectivity index (χ0n) is 17.0. The predicted molar refractivity (Wildman–Crippen MR) is 112 cm³/mol. The van der Waals surface area contributed by atoms with Crippen LogP contribution in [0.4, 0.5) is 0 Å². The molecule has 0 saturated carbocycles. The van der Waals surface area contributed by atoms with Crippen molar-refractivity contribution in [2.75, 3.05) is 0 Å². The van der Waals surface area contributed by atoms with E-state index in [0.29, 0.717) is 23.2 Å². The molecular weight excluding hydrogens is 362 g/mol. The van der Waals surface area contributed by atoms with Gasteiger partial charge < -0.3 is 9.26 Å². The van der Waals surface area contributed by atoms with Gasteiger partial charge in [0.2, 0.25) is 0 Å². The van der Waals surface area contributed by atoms with Crippen LogP contribution in [0.3, 0.4) is 0 Å². The molecule has 0 unspecified atom stereocenters. The molecule has 0 fully saturated rings. The Labute approximate surface area is 170 Å². The zero-order valence-corrected chi connectivity index (χ0v) is 17.0. The molecule has 2 aromatic heterocycles. The third-order valence-corrected chi connectivity index (χ3v) is 5.07. The number of ether oxygens (including phenoxy) is 1. The van der Waals surface area contributed by atoms with Crippen LogP contribution in [0.25, 0.3) is 11.6 Å². The largest absolute Gasteiger partial charge is 0.456 e. The van der Waals surface area contributed by atoms with Gasteiger partial charge in [0.05, 0.1) is 6.20 Å². The van der Waals surface area contributed by atoms with Crippen LogP contribution in [0.5, 0.6) is 11.5 Å². The number of aromatic nitrogens is 3. The van der Waals surface area contributed by atoms with E-state index in [1.165, 1.54) is 16.7 Å². The molecule has 0 aliphatic carbocycles. The molecule has 5 heteroatoms. The average molecular weight is 385 g/mol. The molecule has 0 atom stereocenters. The maximum Gasteiger partial charge on any atom is 0.276 e. The van der Waals surface area contributed by atoms with E-state index in [1.54, 1.807) is 19.2 Å². The van der Waals surface area contributed by atoms with Gasteiger partial charge in [-0.2, -0.15) is 4.98 Å². The van der Waals surface area contributed by atoms with Crippen LogP contribution in [0.15, 0.2) is 71.4 Å². The first kappa shape index (κ1) is 18.9. The third kappa shape index (κ3) is 4.04. The molecular formula is C24H23N3O2. The summed E-state index contributed by atoms with van der Waals surface area (Å²) in [6.45, 7) is 8.34. The lowest BCUT2D eigenvalue weighted by molar-refractivity contribution is 0.424. The van der Waals surface area contributed by atoms with Crippen molar-refractivity contribution in [3.63, 3.8) is 0 Å². The van der Waals surface area contributed by atoms with Gasteiger partial charge >= 0.3 is 0 Å². The summed E-state index contributed by atoms with van der Waals surface area (Å²) >= 11 is 0. The lowest BCUT2D eigenvalue weighted by atomic mass is 9.78. The van der Waals surface area contributed by atoms with Crippen molar-refractivity contribution in [2.24, 2.45) is 0 Å². The molecule has 0 aliphatic rings. The van der Waals surface area contributed by atoms with Crippen LogP contribution >= 0.6 is 0 Å². The van der Waals surface area contributed by atoms with Crippen LogP contribution in [0.1, 0.15) is 36.4 Å². The first-order chi connectivity index (χ1) is 13.9. The Morgan fingerprint density at radius 1 is 0.793 bits per heavy atom. The maximum atomic E-state index is 5.93. The van der Waals surface area contributed by atoms with Crippen LogP contribution in [0, 0.1) is 13.8 Å². The van der Waals surface area contributed by atoms with Crippen LogP contribution in [0.2, 0.25) is 0 Å². The van der Waals surface area contributed by atoms with Crippen molar-refractivity contribution < 1.29 is 9.26 Å². The molecule has 146 valence electrons. The molecule has 0 saturated heterocycles. The Hall–Kier alpha value is -3.47. The van der Waals surface area contributed by atoms with Gasteiger partial charge in [-0.3, -0.25) is 0 Å². The number of rotatable bonds is 5. The van der Waals surface area contributed by atoms with Crippen LogP contribution in [-0.4, -0.2) is 15.1 Å². The second-order valence-electron chi connectivity index (χ2n) is 7.64. The summed E-state index contributed by atoms with van der Waals surface area (Å²) in [4.78, 5) is 8.52. The van der Waals surface area contributed by atoms with Crippen LogP contribution < -0.4 is 4.74 Å². The Kier molecular flexibility index (Phi) is 4.89. The highest BCUT2D eigenvalue weighted by atomic mass is 16.5. The molecule has 0 radical (unpaired) electrons. The molecule has 5 nitrogen and oxygen atoms in total. The second-order valence-corrected chi connectivity index (χ2v) is 7.64. The fourth-order valence-electron chi connectivity index (χ4n) is 3.18. The average Bonchev–Trinajstić information content (AvgIpc) is 3.16. The smallest absolute Gasteiger partial charge is 0.276 e. The molecule has 4 rings (SSSR count). The zero-order chi connectivity index (χ0) is 20.4. The van der Waals surface area contributed by atoms with E-state index in [2.05, 4.69) is 72.3 Å². The van der Waals surface area contributed by atoms with E-state index < -0.39 is 0 Å². The summed E-state index contributed by atoms with van der Waals surface area (Å²) < 4.78 is 11.1. The molecule has 2 heterocycles. The molecule has 0 amide bonds. The summed E-state index contributed by atoms with van der Waals surface area (Å²) in [6.07, 6.45) is 1.65. The van der Waals surface area contributed by atoms with Gasteiger partial charge in [-0.1, -0.05) is 61.0 Å². The summed E-state index contributed by atoms with van der Waals surface area (Å²) in [5, 5.41) is 3.78. The number of aryl methyl sites for hydroxylation is 2. The molecule has 0 spiro atoms. The van der Waals surface area contributed by atoms with Gasteiger partial charge in [-0.15, -0.1) is 0 Å². The number of benzene rings is 2. The third-order valence-electron chi connectivity index (χ3n) is 5.07. The van der Waals surface area contributed by atoms with Crippen molar-refractivity contribution in [1.82, 2.24) is 15.1 Å². The Balaban J connectivity index is 1.48. The van der Waals surface area contributed by atoms with Crippen molar-refractivity contribution in [3.8, 4) is 23.1 Å². The highest BCUT2D eigenvalue weighted by Gasteiger charge is 2.22. The van der Waals surface area contributed by atoms with Crippen molar-refractivity contribution >= 4 is 0 Å². The summed E-state index contributed by atoms with van der Waals surface area (Å²) in [5.74, 6) is 2.39. The normalized spacial score (nSPS) is 11.4. The molecule has 0 bridgehead atoms. The first-order valence-electron chi connectivity index (χ1n) is 9.54. The van der Waals surface area contributed by atoms with E-state index in [-0.39, 0.29) is 5.41 Å². The lowest BCUT2D eigenvalue weighted by Crippen LogP contribution is -2.18. The topological polar surface area (TPSA) is 61.0 Å². The summed E-state index contributed by atoms with van der Waals surface area (Å²) in [6, 6.07) is 20.5. The van der Waals surface area contributed by atoms with Gasteiger partial charge in [0.1, 0.15) is 17.2 Å². The minimum Gasteiger partial charge on any atom is -0.456 e. The highest BCUT2D eigenvalue weighted by Crippen LogP contribution is 2.33. The first-order valence-corrected chi connectivity index (χ1v) is 9.54. The van der Waals surface area contributed by atoms with Crippen LogP contribution in [-0.2, 0) is 5.41 Å². The standard InChI is InChI=1S/C24H23N3O2/c1-16-5-7-18(8-6-16)24(3,4)19-9-11-20(12-10-19)28-21-13-14-22(25-15-21)23-26-17(2)27-29-23/h5-15H,1-4H3. The molecule has 0 N–H and O–H groups in total. The van der Waals surface area contributed by atoms with E-state index in [4.69, 9.17) is 9.26 Å². The summed E-state index contributed by atoms with van der Waals surface area (Å²) in [5.41, 5.74) is 4.31. The molecule has 4 aromatic rings. The highest BCUT2D eigenvalue weighted by molar-refractivity contribution is 5.48. The Morgan fingerprint density at radius 2 is 1.41 bits per heavy atom. The summed E-state index contributed by atoms with van der Waals surface area (Å²) in [7, 11) is 0. The van der Waals surface area contributed by atoms with E-state index >= 15 is 0 Å². The van der Waals surface area contributed by atoms with Gasteiger partial charge in [-0.25, -0.2) is 4.98 Å². The quantitative estimate of drug-likeness (QED) is 0.430. The maximum absolute atomic E-state index is 5.93. The van der Waals surface area contributed by atoms with Gasteiger partial charge in [0, 0.05) is 5.41 Å². The van der Waals surface area contributed by atoms with E-state index in [0.717, 1.165) is 5.75 Å². The predicted octanol–water partition coefficient (Wildman–Crippen LogP) is 5.87. The molecule has 2 aromatic carbocycles. The Morgan fingerprint density at radius 3 is 1.97 bits per heavy atom. The van der Waals surface area contributed by atoms with Gasteiger partial charge in [0.25, 0.3) is 5.89 Å². The molecule has 29 heavy (non-hydrogen) atoms.